The van der Waals surface area contributed by atoms with Gasteiger partial charge in [-0.2, -0.15) is 0 Å². The molecule has 1 aromatic rings. The van der Waals surface area contributed by atoms with Crippen LogP contribution in [0.4, 0.5) is 4.39 Å². The van der Waals surface area contributed by atoms with Gasteiger partial charge >= 0.3 is 5.97 Å². The number of carbonyl (C=O) groups is 1. The topological polar surface area (TPSA) is 75.1 Å². The lowest BCUT2D eigenvalue weighted by molar-refractivity contribution is -0.141. The van der Waals surface area contributed by atoms with Crippen molar-refractivity contribution in [2.75, 3.05) is 6.54 Å². The number of cyclic esters (lactones) is 1. The summed E-state index contributed by atoms with van der Waals surface area (Å²) < 4.78 is 17.8. The van der Waals surface area contributed by atoms with Crippen LogP contribution in [0.1, 0.15) is 17.9 Å². The van der Waals surface area contributed by atoms with Crippen molar-refractivity contribution in [1.29, 1.82) is 0 Å². The maximum Gasteiger partial charge on any atom is 0.306 e. The fraction of sp³-hybridized carbons (Fsp3) is 0.364. The van der Waals surface area contributed by atoms with Crippen molar-refractivity contribution in [3.8, 4) is 0 Å². The van der Waals surface area contributed by atoms with Crippen LogP contribution in [0.3, 0.4) is 0 Å². The Bertz CT molecular complexity index is 468. The van der Waals surface area contributed by atoms with Gasteiger partial charge in [-0.25, -0.2) is 4.39 Å². The smallest absolute Gasteiger partial charge is 0.306 e. The summed E-state index contributed by atoms with van der Waals surface area (Å²) in [6, 6.07) is 5.90. The number of carbonyl (C=O) groups excluding carboxylic acids is 1. The number of esters is 1. The van der Waals surface area contributed by atoms with Gasteiger partial charge in [-0.05, 0) is 23.2 Å². The molecule has 0 aromatic heterocycles. The molecule has 1 aliphatic heterocycles. The fourth-order valence-electron chi connectivity index (χ4n) is 1.93. The lowest BCUT2D eigenvalue weighted by Gasteiger charge is -2.15. The molecule has 0 N–H and O–H groups in total. The summed E-state index contributed by atoms with van der Waals surface area (Å²) in [5.41, 5.74) is 9.07. The Morgan fingerprint density at radius 1 is 1.47 bits per heavy atom. The van der Waals surface area contributed by atoms with Crippen LogP contribution < -0.4 is 0 Å². The molecule has 0 amide bonds. The van der Waals surface area contributed by atoms with Crippen LogP contribution in [0.2, 0.25) is 0 Å². The Balaban J connectivity index is 2.20. The molecular formula is C11H10FN3O2. The van der Waals surface area contributed by atoms with E-state index >= 15 is 0 Å². The lowest BCUT2D eigenvalue weighted by atomic mass is 9.92. The molecule has 88 valence electrons. The first kappa shape index (κ1) is 11.4. The zero-order valence-electron chi connectivity index (χ0n) is 8.91. The van der Waals surface area contributed by atoms with Gasteiger partial charge in [-0.3, -0.25) is 4.79 Å². The molecule has 2 rings (SSSR count). The van der Waals surface area contributed by atoms with E-state index in [1.54, 1.807) is 12.1 Å². The van der Waals surface area contributed by atoms with E-state index in [2.05, 4.69) is 10.0 Å². The first-order valence-electron chi connectivity index (χ1n) is 5.16. The molecule has 2 atom stereocenters. The highest BCUT2D eigenvalue weighted by Gasteiger charge is 2.35. The first-order chi connectivity index (χ1) is 8.20. The van der Waals surface area contributed by atoms with Gasteiger partial charge < -0.3 is 4.74 Å². The van der Waals surface area contributed by atoms with Gasteiger partial charge in [-0.1, -0.05) is 17.2 Å². The van der Waals surface area contributed by atoms with Crippen molar-refractivity contribution in [3.63, 3.8) is 0 Å². The van der Waals surface area contributed by atoms with E-state index in [0.29, 0.717) is 0 Å². The van der Waals surface area contributed by atoms with Crippen molar-refractivity contribution in [3.05, 3.63) is 46.1 Å². The lowest BCUT2D eigenvalue weighted by Crippen LogP contribution is -2.17. The molecule has 0 aliphatic carbocycles. The second-order valence-corrected chi connectivity index (χ2v) is 3.80. The molecule has 0 unspecified atom stereocenters. The molecule has 1 heterocycles. The van der Waals surface area contributed by atoms with E-state index in [4.69, 9.17) is 10.3 Å². The van der Waals surface area contributed by atoms with Crippen molar-refractivity contribution >= 4 is 5.97 Å². The number of azide groups is 1. The maximum atomic E-state index is 12.8. The Morgan fingerprint density at radius 3 is 2.82 bits per heavy atom. The molecule has 0 radical (unpaired) electrons. The molecular weight excluding hydrogens is 225 g/mol. The third-order valence-electron chi connectivity index (χ3n) is 2.74. The van der Waals surface area contributed by atoms with E-state index in [1.807, 2.05) is 0 Å². The van der Waals surface area contributed by atoms with Crippen LogP contribution in [0.15, 0.2) is 29.4 Å². The monoisotopic (exact) mass is 235 g/mol. The van der Waals surface area contributed by atoms with E-state index in [9.17, 15) is 9.18 Å². The highest BCUT2D eigenvalue weighted by molar-refractivity contribution is 5.73. The minimum atomic E-state index is -0.455. The Labute approximate surface area is 96.8 Å². The van der Waals surface area contributed by atoms with Crippen LogP contribution in [-0.4, -0.2) is 18.6 Å². The normalized spacial score (nSPS) is 23.0. The Morgan fingerprint density at radius 2 is 2.18 bits per heavy atom. The number of rotatable bonds is 3. The van der Waals surface area contributed by atoms with Gasteiger partial charge in [0.2, 0.25) is 0 Å². The molecule has 0 spiro atoms. The minimum absolute atomic E-state index is 0.101. The summed E-state index contributed by atoms with van der Waals surface area (Å²) in [4.78, 5) is 13.9. The van der Waals surface area contributed by atoms with Crippen LogP contribution in [0, 0.1) is 5.82 Å². The summed E-state index contributed by atoms with van der Waals surface area (Å²) in [5, 5.41) is 3.41. The minimum Gasteiger partial charge on any atom is -0.462 e. The molecule has 0 bridgehead atoms. The molecule has 17 heavy (non-hydrogen) atoms. The standard InChI is InChI=1S/C11H10FN3O2/c12-8-3-1-7(2-4-8)9-5-11(16)17-10(9)6-14-15-13/h1-4,9-10H,5-6H2/t9-,10-/m0/s1. The molecule has 1 saturated heterocycles. The van der Waals surface area contributed by atoms with E-state index in [1.165, 1.54) is 12.1 Å². The van der Waals surface area contributed by atoms with Gasteiger partial charge in [0, 0.05) is 10.8 Å². The van der Waals surface area contributed by atoms with Crippen molar-refractivity contribution in [2.45, 2.75) is 18.4 Å². The second-order valence-electron chi connectivity index (χ2n) is 3.80. The summed E-state index contributed by atoms with van der Waals surface area (Å²) in [7, 11) is 0. The van der Waals surface area contributed by atoms with Crippen molar-refractivity contribution in [1.82, 2.24) is 0 Å². The van der Waals surface area contributed by atoms with Crippen LogP contribution in [0.5, 0.6) is 0 Å². The van der Waals surface area contributed by atoms with Gasteiger partial charge in [-0.15, -0.1) is 0 Å². The van der Waals surface area contributed by atoms with Crippen LogP contribution in [0.25, 0.3) is 10.4 Å². The van der Waals surface area contributed by atoms with E-state index < -0.39 is 6.10 Å². The largest absolute Gasteiger partial charge is 0.462 e. The summed E-state index contributed by atoms with van der Waals surface area (Å²) in [5.74, 6) is -0.823. The molecule has 1 aliphatic rings. The predicted octanol–water partition coefficient (Wildman–Crippen LogP) is 2.54. The Kier molecular flexibility index (Phi) is 3.25. The van der Waals surface area contributed by atoms with Crippen molar-refractivity contribution in [2.24, 2.45) is 5.11 Å². The van der Waals surface area contributed by atoms with Crippen LogP contribution in [-0.2, 0) is 9.53 Å². The first-order valence-corrected chi connectivity index (χ1v) is 5.16. The van der Waals surface area contributed by atoms with E-state index in [0.717, 1.165) is 5.56 Å². The number of halogens is 1. The number of ether oxygens (including phenoxy) is 1. The van der Waals surface area contributed by atoms with Gasteiger partial charge in [0.15, 0.2) is 0 Å². The van der Waals surface area contributed by atoms with Crippen LogP contribution >= 0.6 is 0 Å². The Hall–Kier alpha value is -2.07. The number of hydrogen-bond acceptors (Lipinski definition) is 3. The van der Waals surface area contributed by atoms with Crippen molar-refractivity contribution < 1.29 is 13.9 Å². The molecule has 5 nitrogen and oxygen atoms in total. The van der Waals surface area contributed by atoms with Gasteiger partial charge in [0.1, 0.15) is 11.9 Å². The highest BCUT2D eigenvalue weighted by atomic mass is 19.1. The molecule has 1 aromatic carbocycles. The quantitative estimate of drug-likeness (QED) is 0.349. The van der Waals surface area contributed by atoms with Gasteiger partial charge in [0.05, 0.1) is 13.0 Å². The zero-order chi connectivity index (χ0) is 12.3. The van der Waals surface area contributed by atoms with E-state index in [-0.39, 0.29) is 30.7 Å². The maximum absolute atomic E-state index is 12.8. The number of hydrogen-bond donors (Lipinski definition) is 0. The SMILES string of the molecule is [N-]=[N+]=NC[C@@H]1OC(=O)C[C@H]1c1ccc(F)cc1. The summed E-state index contributed by atoms with van der Waals surface area (Å²) >= 11 is 0. The average Bonchev–Trinajstić information content (AvgIpc) is 2.69. The molecule has 1 fully saturated rings. The molecule has 6 heteroatoms. The average molecular weight is 235 g/mol. The third-order valence-corrected chi connectivity index (χ3v) is 2.74. The highest BCUT2D eigenvalue weighted by Crippen LogP contribution is 2.32. The summed E-state index contributed by atoms with van der Waals surface area (Å²) in [6.45, 7) is 0.101. The third kappa shape index (κ3) is 2.54. The predicted molar refractivity (Wildman–Crippen MR) is 57.7 cm³/mol. The number of benzene rings is 1. The van der Waals surface area contributed by atoms with Gasteiger partial charge in [0.25, 0.3) is 0 Å². The number of nitrogens with zero attached hydrogens (tertiary/aromatic N) is 3. The zero-order valence-corrected chi connectivity index (χ0v) is 8.91. The molecule has 0 saturated carbocycles. The summed E-state index contributed by atoms with van der Waals surface area (Å²) in [6.07, 6.45) is -0.221. The fourth-order valence-corrected chi connectivity index (χ4v) is 1.93. The second kappa shape index (κ2) is 4.84.